The number of nitrogens with one attached hydrogen (secondary N) is 1. The average Bonchev–Trinajstić information content (AvgIpc) is 2.96. The van der Waals surface area contributed by atoms with Gasteiger partial charge in [0.1, 0.15) is 12.6 Å². The molecular weight excluding hydrogens is 452 g/mol. The minimum atomic E-state index is -4.42. The van der Waals surface area contributed by atoms with Gasteiger partial charge in [-0.3, -0.25) is 4.55 Å². The Labute approximate surface area is 221 Å². The summed E-state index contributed by atoms with van der Waals surface area (Å²) >= 11 is 0. The molecule has 0 heterocycles. The van der Waals surface area contributed by atoms with Gasteiger partial charge in [0.05, 0.1) is 0 Å². The molecule has 1 aliphatic carbocycles. The molecule has 8 nitrogen and oxygen atoms in total. The van der Waals surface area contributed by atoms with Crippen molar-refractivity contribution < 1.29 is 91.5 Å². The first-order valence-electron chi connectivity index (χ1n) is 8.22. The standard InChI is InChI=1S/C18H17NO7S2.2Na/c20-17(21)16(10-27-28(23,24)25)19-18(22)26-9-15-13-7-3-1-5-11(13)12-6-2-4-8-14(12)15;;/h1-8,15-16H,9-10H2,(H,19,22)(H,20,21)(H,23,24,25);;/q;2*+1/t16-;;/m0../s1. The van der Waals surface area contributed by atoms with E-state index in [0.717, 1.165) is 22.3 Å². The number of amides is 1. The molecule has 0 radical (unpaired) electrons. The normalized spacial score (nSPS) is 13.1. The molecule has 30 heavy (non-hydrogen) atoms. The molecule has 0 saturated heterocycles. The maximum Gasteiger partial charge on any atom is 1.00 e. The van der Waals surface area contributed by atoms with Crippen molar-refractivity contribution in [3.05, 3.63) is 59.7 Å². The summed E-state index contributed by atoms with van der Waals surface area (Å²) in [6.45, 7) is -0.00234. The van der Waals surface area contributed by atoms with Gasteiger partial charge in [-0.2, -0.15) is 8.42 Å². The summed E-state index contributed by atoms with van der Waals surface area (Å²) in [7, 11) is -4.41. The van der Waals surface area contributed by atoms with Crippen molar-refractivity contribution in [1.29, 1.82) is 0 Å². The molecule has 1 amide bonds. The van der Waals surface area contributed by atoms with Crippen LogP contribution in [0.5, 0.6) is 0 Å². The fourth-order valence-electron chi connectivity index (χ4n) is 3.11. The number of aliphatic carboxylic acids is 1. The van der Waals surface area contributed by atoms with E-state index < -0.39 is 33.0 Å². The Morgan fingerprint density at radius 1 is 1.03 bits per heavy atom. The van der Waals surface area contributed by atoms with E-state index in [0.29, 0.717) is 0 Å². The van der Waals surface area contributed by atoms with Crippen LogP contribution < -0.4 is 64.4 Å². The topological polar surface area (TPSA) is 130 Å². The number of carboxylic acid groups (broad SMARTS) is 1. The van der Waals surface area contributed by atoms with Gasteiger partial charge in [0.15, 0.2) is 0 Å². The van der Waals surface area contributed by atoms with Gasteiger partial charge in [-0.1, -0.05) is 48.5 Å². The molecule has 1 aliphatic rings. The molecule has 2 aromatic rings. The van der Waals surface area contributed by atoms with E-state index in [4.69, 9.17) is 14.4 Å². The maximum absolute atomic E-state index is 12.0. The molecule has 0 aliphatic heterocycles. The van der Waals surface area contributed by atoms with Crippen LogP contribution in [-0.4, -0.2) is 48.5 Å². The van der Waals surface area contributed by atoms with E-state index in [-0.39, 0.29) is 82.4 Å². The average molecular weight is 469 g/mol. The fourth-order valence-corrected chi connectivity index (χ4v) is 4.57. The number of carboxylic acids is 1. The molecule has 0 aromatic heterocycles. The fraction of sp³-hybridized carbons (Fsp3) is 0.222. The summed E-state index contributed by atoms with van der Waals surface area (Å²) in [4.78, 5) is 23.2. The molecule has 3 N–H and O–H groups in total. The van der Waals surface area contributed by atoms with Crippen LogP contribution in [0.25, 0.3) is 11.1 Å². The number of rotatable bonds is 7. The van der Waals surface area contributed by atoms with Crippen molar-refractivity contribution in [3.8, 4) is 11.1 Å². The van der Waals surface area contributed by atoms with Crippen LogP contribution in [0.4, 0.5) is 4.79 Å². The Kier molecular flexibility index (Phi) is 10.9. The van der Waals surface area contributed by atoms with Gasteiger partial charge in [0, 0.05) is 11.7 Å². The summed E-state index contributed by atoms with van der Waals surface area (Å²) < 4.78 is 35.4. The van der Waals surface area contributed by atoms with Gasteiger partial charge in [-0.05, 0) is 33.0 Å². The summed E-state index contributed by atoms with van der Waals surface area (Å²) in [6, 6.07) is 14.0. The number of carbonyl (C=O) groups excluding carboxylic acids is 1. The Balaban J connectivity index is 0.00000225. The molecule has 148 valence electrons. The van der Waals surface area contributed by atoms with E-state index >= 15 is 0 Å². The van der Waals surface area contributed by atoms with Crippen molar-refractivity contribution in [2.75, 3.05) is 12.4 Å². The molecule has 3 rings (SSSR count). The minimum absolute atomic E-state index is 0. The first-order valence-corrected chi connectivity index (χ1v) is 11.2. The minimum Gasteiger partial charge on any atom is -0.480 e. The van der Waals surface area contributed by atoms with Crippen molar-refractivity contribution in [3.63, 3.8) is 0 Å². The molecule has 0 spiro atoms. The number of carbonyl (C=O) groups is 2. The van der Waals surface area contributed by atoms with Crippen LogP contribution in [0.1, 0.15) is 17.0 Å². The number of alkyl carbamates (subject to hydrolysis) is 1. The molecule has 0 saturated carbocycles. The van der Waals surface area contributed by atoms with Crippen LogP contribution in [0.3, 0.4) is 0 Å². The molecule has 12 heteroatoms. The van der Waals surface area contributed by atoms with Crippen molar-refractivity contribution in [2.24, 2.45) is 0 Å². The zero-order valence-electron chi connectivity index (χ0n) is 16.4. The second-order valence-electron chi connectivity index (χ2n) is 6.07. The molecule has 1 atom stereocenters. The SMILES string of the molecule is O=C(N[C@@H](CSS(=O)(=O)O)C(=O)O)OCC1c2ccccc2-c2ccccc21.[Na+].[Na+]. The second-order valence-corrected chi connectivity index (χ2v) is 9.47. The number of fused-ring (bicyclic) bond motifs is 3. The van der Waals surface area contributed by atoms with Gasteiger partial charge in [-0.25, -0.2) is 9.59 Å². The Morgan fingerprint density at radius 2 is 1.53 bits per heavy atom. The summed E-state index contributed by atoms with van der Waals surface area (Å²) in [5.41, 5.74) is 4.13. The van der Waals surface area contributed by atoms with Crippen LogP contribution in [0.15, 0.2) is 48.5 Å². The zero-order valence-corrected chi connectivity index (χ0v) is 22.1. The van der Waals surface area contributed by atoms with E-state index in [1.54, 1.807) is 0 Å². The van der Waals surface area contributed by atoms with E-state index in [1.807, 2.05) is 48.5 Å². The summed E-state index contributed by atoms with van der Waals surface area (Å²) in [5, 5.41) is 11.2. The molecule has 0 bridgehead atoms. The monoisotopic (exact) mass is 469 g/mol. The number of ether oxygens (including phenoxy) is 1. The van der Waals surface area contributed by atoms with Gasteiger partial charge in [0.2, 0.25) is 0 Å². The van der Waals surface area contributed by atoms with Gasteiger partial charge in [0.25, 0.3) is 0 Å². The van der Waals surface area contributed by atoms with Gasteiger partial charge >= 0.3 is 80.3 Å². The number of benzene rings is 2. The van der Waals surface area contributed by atoms with Crippen molar-refractivity contribution in [2.45, 2.75) is 12.0 Å². The maximum atomic E-state index is 12.0. The predicted octanol–water partition coefficient (Wildman–Crippen LogP) is -3.48. The summed E-state index contributed by atoms with van der Waals surface area (Å²) in [6.07, 6.45) is -0.981. The smallest absolute Gasteiger partial charge is 0.480 e. The summed E-state index contributed by atoms with van der Waals surface area (Å²) in [5.74, 6) is -2.18. The third-order valence-electron chi connectivity index (χ3n) is 4.32. The third-order valence-corrected chi connectivity index (χ3v) is 6.39. The van der Waals surface area contributed by atoms with Gasteiger partial charge in [-0.15, -0.1) is 0 Å². The zero-order chi connectivity index (χ0) is 20.3. The molecule has 0 unspecified atom stereocenters. The first-order chi connectivity index (χ1) is 13.3. The Hall–Kier alpha value is -0.560. The van der Waals surface area contributed by atoms with Crippen molar-refractivity contribution >= 4 is 32.0 Å². The molecule has 2 aromatic carbocycles. The Bertz CT molecular complexity index is 972. The number of hydrogen-bond acceptors (Lipinski definition) is 6. The molecule has 0 fully saturated rings. The van der Waals surface area contributed by atoms with Crippen molar-refractivity contribution in [1.82, 2.24) is 5.32 Å². The largest absolute Gasteiger partial charge is 1.00 e. The van der Waals surface area contributed by atoms with E-state index in [1.165, 1.54) is 0 Å². The van der Waals surface area contributed by atoms with Crippen LogP contribution in [0.2, 0.25) is 0 Å². The predicted molar refractivity (Wildman–Crippen MR) is 104 cm³/mol. The third kappa shape index (κ3) is 6.98. The second kappa shape index (κ2) is 11.9. The number of hydrogen-bond donors (Lipinski definition) is 3. The van der Waals surface area contributed by atoms with Crippen LogP contribution >= 0.6 is 10.8 Å². The van der Waals surface area contributed by atoms with Crippen LogP contribution in [0, 0.1) is 0 Å². The Morgan fingerprint density at radius 3 is 2.00 bits per heavy atom. The van der Waals surface area contributed by atoms with E-state index in [9.17, 15) is 18.0 Å². The first kappa shape index (κ1) is 27.5. The molecular formula is C18H17NNa2O7S2+2. The van der Waals surface area contributed by atoms with Crippen LogP contribution in [-0.2, 0) is 18.7 Å². The van der Waals surface area contributed by atoms with E-state index in [2.05, 4.69) is 5.32 Å². The van der Waals surface area contributed by atoms with Gasteiger partial charge < -0.3 is 15.2 Å². The quantitative estimate of drug-likeness (QED) is 0.217.